The van der Waals surface area contributed by atoms with Crippen LogP contribution < -0.4 is 9.62 Å². The summed E-state index contributed by atoms with van der Waals surface area (Å²) in [6.45, 7) is 3.52. The number of benzene rings is 3. The fourth-order valence-electron chi connectivity index (χ4n) is 5.44. The number of hydrogen-bond donors (Lipinski definition) is 1. The highest BCUT2D eigenvalue weighted by atomic mass is 35.5. The average Bonchev–Trinajstić information content (AvgIpc) is 2.99. The Labute approximate surface area is 254 Å². The molecule has 0 spiro atoms. The van der Waals surface area contributed by atoms with Gasteiger partial charge >= 0.3 is 0 Å². The Bertz CT molecular complexity index is 1440. The molecule has 0 heterocycles. The van der Waals surface area contributed by atoms with E-state index in [1.165, 1.54) is 18.6 Å². The van der Waals surface area contributed by atoms with Gasteiger partial charge in [0, 0.05) is 12.6 Å². The summed E-state index contributed by atoms with van der Waals surface area (Å²) in [5.41, 5.74) is 2.14. The molecular formula is C33H40ClN3O4S. The molecule has 0 unspecified atom stereocenters. The van der Waals surface area contributed by atoms with Crippen molar-refractivity contribution in [2.75, 3.05) is 17.4 Å². The van der Waals surface area contributed by atoms with Crippen molar-refractivity contribution in [2.45, 2.75) is 75.8 Å². The van der Waals surface area contributed by atoms with Gasteiger partial charge in [-0.05, 0) is 62.4 Å². The molecule has 1 fully saturated rings. The van der Waals surface area contributed by atoms with Crippen LogP contribution in [0.4, 0.5) is 5.69 Å². The zero-order valence-electron chi connectivity index (χ0n) is 24.3. The van der Waals surface area contributed by atoms with Crippen molar-refractivity contribution in [3.05, 3.63) is 95.0 Å². The summed E-state index contributed by atoms with van der Waals surface area (Å²) in [4.78, 5) is 29.4. The first-order chi connectivity index (χ1) is 20.2. The number of carbonyl (C=O) groups is 2. The van der Waals surface area contributed by atoms with E-state index in [2.05, 4.69) is 5.32 Å². The molecule has 0 saturated heterocycles. The summed E-state index contributed by atoms with van der Waals surface area (Å²) in [7, 11) is -4.16. The number of halogens is 1. The zero-order chi connectivity index (χ0) is 30.1. The lowest BCUT2D eigenvalue weighted by Crippen LogP contribution is -2.54. The van der Waals surface area contributed by atoms with Gasteiger partial charge in [0.1, 0.15) is 12.6 Å². The Hall–Kier alpha value is -3.36. The van der Waals surface area contributed by atoms with Crippen molar-refractivity contribution in [3.63, 3.8) is 0 Å². The second kappa shape index (κ2) is 14.7. The minimum atomic E-state index is -4.16. The summed E-state index contributed by atoms with van der Waals surface area (Å²) >= 11 is 6.50. The molecule has 7 nitrogen and oxygen atoms in total. The third-order valence-corrected chi connectivity index (χ3v) is 9.92. The van der Waals surface area contributed by atoms with E-state index in [-0.39, 0.29) is 34.1 Å². The number of amides is 2. The monoisotopic (exact) mass is 609 g/mol. The Kier molecular flexibility index (Phi) is 11.0. The standard InChI is InChI=1S/C33H40ClN3O4S/c1-3-30(33(39)35-27-14-8-5-9-15-27)36(23-22-26-12-6-4-7-13-26)32(38)24-37(31-17-11-10-16-29(31)34)42(40,41)28-20-18-25(2)19-21-28/h4,6-7,10-13,16-21,27,30H,3,5,8-9,14-15,22-24H2,1-2H3,(H,35,39)/t30-/m1/s1. The van der Waals surface area contributed by atoms with Crippen LogP contribution in [0.2, 0.25) is 5.02 Å². The maximum Gasteiger partial charge on any atom is 0.264 e. The van der Waals surface area contributed by atoms with Crippen molar-refractivity contribution < 1.29 is 18.0 Å². The molecule has 9 heteroatoms. The molecule has 1 aliphatic carbocycles. The van der Waals surface area contributed by atoms with Gasteiger partial charge in [0.15, 0.2) is 0 Å². The maximum absolute atomic E-state index is 14.2. The van der Waals surface area contributed by atoms with Gasteiger partial charge in [0.25, 0.3) is 10.0 Å². The van der Waals surface area contributed by atoms with Crippen LogP contribution in [-0.4, -0.2) is 50.3 Å². The third kappa shape index (κ3) is 7.92. The van der Waals surface area contributed by atoms with Gasteiger partial charge in [-0.25, -0.2) is 8.42 Å². The van der Waals surface area contributed by atoms with E-state index in [4.69, 9.17) is 11.6 Å². The number of para-hydroxylation sites is 1. The summed E-state index contributed by atoms with van der Waals surface area (Å²) in [6, 6.07) is 22.2. The third-order valence-electron chi connectivity index (χ3n) is 7.83. The topological polar surface area (TPSA) is 86.8 Å². The van der Waals surface area contributed by atoms with Crippen LogP contribution in [0.15, 0.2) is 83.8 Å². The van der Waals surface area contributed by atoms with Crippen LogP contribution in [-0.2, 0) is 26.0 Å². The van der Waals surface area contributed by atoms with Crippen molar-refractivity contribution in [1.29, 1.82) is 0 Å². The molecule has 1 atom stereocenters. The van der Waals surface area contributed by atoms with Crippen LogP contribution in [0, 0.1) is 6.92 Å². The smallest absolute Gasteiger partial charge is 0.264 e. The van der Waals surface area contributed by atoms with Gasteiger partial charge in [0.05, 0.1) is 15.6 Å². The van der Waals surface area contributed by atoms with Crippen molar-refractivity contribution in [2.24, 2.45) is 0 Å². The number of sulfonamides is 1. The molecule has 0 bridgehead atoms. The van der Waals surface area contributed by atoms with Gasteiger partial charge in [-0.1, -0.05) is 97.9 Å². The molecule has 4 rings (SSSR count). The van der Waals surface area contributed by atoms with E-state index in [1.54, 1.807) is 41.3 Å². The van der Waals surface area contributed by atoms with E-state index in [9.17, 15) is 18.0 Å². The number of rotatable bonds is 12. The van der Waals surface area contributed by atoms with E-state index in [0.29, 0.717) is 12.8 Å². The lowest BCUT2D eigenvalue weighted by molar-refractivity contribution is -0.140. The van der Waals surface area contributed by atoms with E-state index in [0.717, 1.165) is 41.1 Å². The Morgan fingerprint density at radius 1 is 0.929 bits per heavy atom. The second-order valence-electron chi connectivity index (χ2n) is 10.9. The zero-order valence-corrected chi connectivity index (χ0v) is 25.9. The minimum absolute atomic E-state index is 0.0544. The van der Waals surface area contributed by atoms with E-state index in [1.807, 2.05) is 44.2 Å². The summed E-state index contributed by atoms with van der Waals surface area (Å²) in [5.74, 6) is -0.663. The fraction of sp³-hybridized carbons (Fsp3) is 0.394. The highest BCUT2D eigenvalue weighted by Gasteiger charge is 2.34. The molecule has 0 aliphatic heterocycles. The van der Waals surface area contributed by atoms with Gasteiger partial charge in [-0.2, -0.15) is 0 Å². The number of hydrogen-bond acceptors (Lipinski definition) is 4. The molecule has 1 N–H and O–H groups in total. The molecule has 0 radical (unpaired) electrons. The molecular weight excluding hydrogens is 570 g/mol. The molecule has 0 aromatic heterocycles. The predicted molar refractivity (Wildman–Crippen MR) is 168 cm³/mol. The number of anilines is 1. The van der Waals surface area contributed by atoms with Crippen LogP contribution in [0.3, 0.4) is 0 Å². The Balaban J connectivity index is 1.67. The van der Waals surface area contributed by atoms with Crippen molar-refractivity contribution in [3.8, 4) is 0 Å². The molecule has 3 aromatic rings. The van der Waals surface area contributed by atoms with Crippen molar-refractivity contribution in [1.82, 2.24) is 10.2 Å². The van der Waals surface area contributed by atoms with E-state index >= 15 is 0 Å². The van der Waals surface area contributed by atoms with Crippen LogP contribution >= 0.6 is 11.6 Å². The van der Waals surface area contributed by atoms with Gasteiger partial charge < -0.3 is 10.2 Å². The average molecular weight is 610 g/mol. The lowest BCUT2D eigenvalue weighted by Gasteiger charge is -2.34. The lowest BCUT2D eigenvalue weighted by atomic mass is 9.95. The largest absolute Gasteiger partial charge is 0.352 e. The van der Waals surface area contributed by atoms with E-state index < -0.39 is 28.5 Å². The minimum Gasteiger partial charge on any atom is -0.352 e. The second-order valence-corrected chi connectivity index (χ2v) is 13.1. The molecule has 2 amide bonds. The number of nitrogens with zero attached hydrogens (tertiary/aromatic N) is 2. The Morgan fingerprint density at radius 2 is 1.57 bits per heavy atom. The summed E-state index contributed by atoms with van der Waals surface area (Å²) < 4.78 is 29.0. The first kappa shape index (κ1) is 31.6. The molecule has 3 aromatic carbocycles. The summed E-state index contributed by atoms with van der Waals surface area (Å²) in [5, 5.41) is 3.38. The normalized spacial score (nSPS) is 14.6. The van der Waals surface area contributed by atoms with Gasteiger partial charge in [-0.15, -0.1) is 0 Å². The van der Waals surface area contributed by atoms with Gasteiger partial charge in [0.2, 0.25) is 11.8 Å². The quantitative estimate of drug-likeness (QED) is 0.267. The number of aryl methyl sites for hydroxylation is 1. The molecule has 224 valence electrons. The fourth-order valence-corrected chi connectivity index (χ4v) is 7.17. The molecule has 1 saturated carbocycles. The highest BCUT2D eigenvalue weighted by molar-refractivity contribution is 7.92. The first-order valence-corrected chi connectivity index (χ1v) is 16.5. The predicted octanol–water partition coefficient (Wildman–Crippen LogP) is 6.14. The Morgan fingerprint density at radius 3 is 2.21 bits per heavy atom. The molecule has 1 aliphatic rings. The van der Waals surface area contributed by atoms with Crippen LogP contribution in [0.1, 0.15) is 56.6 Å². The van der Waals surface area contributed by atoms with Crippen LogP contribution in [0.5, 0.6) is 0 Å². The highest BCUT2D eigenvalue weighted by Crippen LogP contribution is 2.31. The summed E-state index contributed by atoms with van der Waals surface area (Å²) in [6.07, 6.45) is 6.08. The van der Waals surface area contributed by atoms with Crippen molar-refractivity contribution >= 4 is 39.1 Å². The number of carbonyl (C=O) groups excluding carboxylic acids is 2. The number of nitrogens with one attached hydrogen (secondary N) is 1. The maximum atomic E-state index is 14.2. The molecule has 42 heavy (non-hydrogen) atoms. The van der Waals surface area contributed by atoms with Crippen LogP contribution in [0.25, 0.3) is 0 Å². The SMILES string of the molecule is CC[C@H](C(=O)NC1CCCCC1)N(CCc1ccccc1)C(=O)CN(c1ccccc1Cl)S(=O)(=O)c1ccc(C)cc1. The first-order valence-electron chi connectivity index (χ1n) is 14.7. The van der Waals surface area contributed by atoms with Gasteiger partial charge in [-0.3, -0.25) is 13.9 Å².